The van der Waals surface area contributed by atoms with Crippen LogP contribution in [0.5, 0.6) is 5.75 Å². The monoisotopic (exact) mass is 319 g/mol. The number of β-amino-alcohol motifs (C(OH)–C–C–N with tert-alkyl or cyclic N) is 1. The molecule has 3 rings (SSSR count). The van der Waals surface area contributed by atoms with E-state index in [1.165, 1.54) is 0 Å². The van der Waals surface area contributed by atoms with Gasteiger partial charge < -0.3 is 19.5 Å². The number of rotatable bonds is 4. The molecule has 2 heterocycles. The fraction of sp³-hybridized carbons (Fsp3) is 0.611. The van der Waals surface area contributed by atoms with Gasteiger partial charge in [-0.1, -0.05) is 13.8 Å². The maximum Gasteiger partial charge on any atom is 0.254 e. The van der Waals surface area contributed by atoms with E-state index in [0.29, 0.717) is 18.7 Å². The lowest BCUT2D eigenvalue weighted by atomic mass is 9.82. The van der Waals surface area contributed by atoms with E-state index >= 15 is 0 Å². The Morgan fingerprint density at radius 3 is 2.43 bits per heavy atom. The number of ether oxygens (including phenoxy) is 2. The summed E-state index contributed by atoms with van der Waals surface area (Å²) < 4.78 is 11.2. The second-order valence-electron chi connectivity index (χ2n) is 6.87. The summed E-state index contributed by atoms with van der Waals surface area (Å²) in [7, 11) is 0. The van der Waals surface area contributed by atoms with E-state index < -0.39 is 5.60 Å². The van der Waals surface area contributed by atoms with Gasteiger partial charge in [0, 0.05) is 18.4 Å². The maximum absolute atomic E-state index is 12.4. The first-order chi connectivity index (χ1) is 11.0. The summed E-state index contributed by atoms with van der Waals surface area (Å²) in [5.74, 6) is 0.908. The molecule has 0 unspecified atom stereocenters. The summed E-state index contributed by atoms with van der Waals surface area (Å²) in [5, 5.41) is 10.3. The highest BCUT2D eigenvalue weighted by Crippen LogP contribution is 2.30. The van der Waals surface area contributed by atoms with Crippen LogP contribution in [0.4, 0.5) is 0 Å². The molecule has 0 bridgehead atoms. The molecule has 23 heavy (non-hydrogen) atoms. The van der Waals surface area contributed by atoms with Gasteiger partial charge in [0.05, 0.1) is 26.3 Å². The highest BCUT2D eigenvalue weighted by atomic mass is 16.5. The number of hydrogen-bond acceptors (Lipinski definition) is 4. The second kappa shape index (κ2) is 6.49. The van der Waals surface area contributed by atoms with Gasteiger partial charge in [-0.25, -0.2) is 0 Å². The number of carbonyl (C=O) groups is 1. The quantitative estimate of drug-likeness (QED) is 0.923. The number of likely N-dealkylation sites (tertiary alicyclic amines) is 1. The topological polar surface area (TPSA) is 59.0 Å². The third-order valence-corrected chi connectivity index (χ3v) is 4.86. The lowest BCUT2D eigenvalue weighted by molar-refractivity contribution is -0.110. The van der Waals surface area contributed by atoms with Crippen LogP contribution in [0.15, 0.2) is 24.3 Å². The Balaban J connectivity index is 1.56. The van der Waals surface area contributed by atoms with Crippen molar-refractivity contribution in [1.82, 2.24) is 4.90 Å². The van der Waals surface area contributed by atoms with Crippen molar-refractivity contribution >= 4 is 5.91 Å². The third kappa shape index (κ3) is 3.51. The van der Waals surface area contributed by atoms with Gasteiger partial charge in [0.2, 0.25) is 0 Å². The summed E-state index contributed by atoms with van der Waals surface area (Å²) in [4.78, 5) is 14.1. The van der Waals surface area contributed by atoms with Crippen molar-refractivity contribution in [3.63, 3.8) is 0 Å². The molecule has 0 aromatic heterocycles. The first-order valence-corrected chi connectivity index (χ1v) is 8.34. The summed E-state index contributed by atoms with van der Waals surface area (Å²) in [6, 6.07) is 7.28. The van der Waals surface area contributed by atoms with Crippen molar-refractivity contribution in [2.24, 2.45) is 5.92 Å². The highest BCUT2D eigenvalue weighted by Gasteiger charge is 2.45. The number of hydrogen-bond donors (Lipinski definition) is 1. The van der Waals surface area contributed by atoms with Gasteiger partial charge >= 0.3 is 0 Å². The van der Waals surface area contributed by atoms with Gasteiger partial charge in [0.15, 0.2) is 0 Å². The van der Waals surface area contributed by atoms with E-state index in [0.717, 1.165) is 31.8 Å². The fourth-order valence-corrected chi connectivity index (χ4v) is 2.97. The summed E-state index contributed by atoms with van der Waals surface area (Å²) >= 11 is 0. The minimum absolute atomic E-state index is 0.0343. The number of carbonyl (C=O) groups excluding carboxylic acids is 1. The average molecular weight is 319 g/mol. The molecule has 2 fully saturated rings. The van der Waals surface area contributed by atoms with Crippen LogP contribution in [0.2, 0.25) is 0 Å². The molecule has 0 saturated carbocycles. The summed E-state index contributed by atoms with van der Waals surface area (Å²) in [6.07, 6.45) is 2.01. The van der Waals surface area contributed by atoms with E-state index in [2.05, 4.69) is 0 Å². The largest absolute Gasteiger partial charge is 0.490 e. The first kappa shape index (κ1) is 16.3. The molecular weight excluding hydrogens is 294 g/mol. The smallest absolute Gasteiger partial charge is 0.254 e. The Bertz CT molecular complexity index is 543. The maximum atomic E-state index is 12.4. The molecular formula is C18H25NO4. The molecule has 0 atom stereocenters. The van der Waals surface area contributed by atoms with Crippen molar-refractivity contribution in [2.75, 3.05) is 26.3 Å². The standard InChI is InChI=1S/C18H25NO4/c1-13(2)18(21)11-19(12-18)17(20)14-3-5-15(6-4-14)23-16-7-9-22-10-8-16/h3-6,13,16,21H,7-12H2,1-2H3. The Labute approximate surface area is 137 Å². The van der Waals surface area contributed by atoms with E-state index in [4.69, 9.17) is 9.47 Å². The molecule has 0 spiro atoms. The Hall–Kier alpha value is -1.59. The van der Waals surface area contributed by atoms with Gasteiger partial charge in [-0.15, -0.1) is 0 Å². The van der Waals surface area contributed by atoms with Gasteiger partial charge in [0.1, 0.15) is 17.5 Å². The molecule has 1 N–H and O–H groups in total. The van der Waals surface area contributed by atoms with Crippen molar-refractivity contribution in [2.45, 2.75) is 38.4 Å². The molecule has 1 aromatic rings. The van der Waals surface area contributed by atoms with Crippen LogP contribution in [-0.4, -0.2) is 53.9 Å². The van der Waals surface area contributed by atoms with Crippen LogP contribution in [0.3, 0.4) is 0 Å². The van der Waals surface area contributed by atoms with Crippen LogP contribution in [-0.2, 0) is 4.74 Å². The van der Waals surface area contributed by atoms with Crippen LogP contribution in [0, 0.1) is 5.92 Å². The molecule has 2 aliphatic heterocycles. The summed E-state index contributed by atoms with van der Waals surface area (Å²) in [6.45, 7) is 6.26. The highest BCUT2D eigenvalue weighted by molar-refractivity contribution is 5.95. The molecule has 2 aliphatic rings. The predicted octanol–water partition coefficient (Wildman–Crippen LogP) is 2.09. The number of nitrogens with zero attached hydrogens (tertiary/aromatic N) is 1. The third-order valence-electron chi connectivity index (χ3n) is 4.86. The minimum atomic E-state index is -0.734. The molecule has 126 valence electrons. The Morgan fingerprint density at radius 2 is 1.87 bits per heavy atom. The Kier molecular flexibility index (Phi) is 4.60. The Morgan fingerprint density at radius 1 is 1.26 bits per heavy atom. The van der Waals surface area contributed by atoms with E-state index in [9.17, 15) is 9.90 Å². The van der Waals surface area contributed by atoms with Crippen LogP contribution >= 0.6 is 0 Å². The van der Waals surface area contributed by atoms with Crippen LogP contribution in [0.25, 0.3) is 0 Å². The SMILES string of the molecule is CC(C)C1(O)CN(C(=O)c2ccc(OC3CCOCC3)cc2)C1. The number of amides is 1. The lowest BCUT2D eigenvalue weighted by Gasteiger charge is -2.49. The molecule has 0 radical (unpaired) electrons. The van der Waals surface area contributed by atoms with Crippen molar-refractivity contribution in [3.8, 4) is 5.75 Å². The zero-order valence-corrected chi connectivity index (χ0v) is 13.8. The molecule has 0 aliphatic carbocycles. The van der Waals surface area contributed by atoms with Crippen molar-refractivity contribution in [3.05, 3.63) is 29.8 Å². The molecule has 5 heteroatoms. The predicted molar refractivity (Wildman–Crippen MR) is 86.6 cm³/mol. The normalized spacial score (nSPS) is 21.1. The molecule has 1 amide bonds. The van der Waals surface area contributed by atoms with Crippen molar-refractivity contribution in [1.29, 1.82) is 0 Å². The van der Waals surface area contributed by atoms with Gasteiger partial charge in [-0.05, 0) is 30.2 Å². The number of aliphatic hydroxyl groups is 1. The van der Waals surface area contributed by atoms with Crippen molar-refractivity contribution < 1.29 is 19.4 Å². The van der Waals surface area contributed by atoms with Crippen LogP contribution < -0.4 is 4.74 Å². The number of benzene rings is 1. The molecule has 5 nitrogen and oxygen atoms in total. The van der Waals surface area contributed by atoms with Crippen LogP contribution in [0.1, 0.15) is 37.0 Å². The minimum Gasteiger partial charge on any atom is -0.490 e. The second-order valence-corrected chi connectivity index (χ2v) is 6.87. The first-order valence-electron chi connectivity index (χ1n) is 8.34. The van der Waals surface area contributed by atoms with Gasteiger partial charge in [-0.3, -0.25) is 4.79 Å². The van der Waals surface area contributed by atoms with E-state index in [-0.39, 0.29) is 17.9 Å². The van der Waals surface area contributed by atoms with Gasteiger partial charge in [-0.2, -0.15) is 0 Å². The average Bonchev–Trinajstić information content (AvgIpc) is 2.53. The van der Waals surface area contributed by atoms with Gasteiger partial charge in [0.25, 0.3) is 5.91 Å². The zero-order chi connectivity index (χ0) is 16.4. The van der Waals surface area contributed by atoms with E-state index in [1.54, 1.807) is 17.0 Å². The zero-order valence-electron chi connectivity index (χ0n) is 13.8. The lowest BCUT2D eigenvalue weighted by Crippen LogP contribution is -2.65. The molecule has 1 aromatic carbocycles. The fourth-order valence-electron chi connectivity index (χ4n) is 2.97. The van der Waals surface area contributed by atoms with E-state index in [1.807, 2.05) is 26.0 Å². The molecule has 2 saturated heterocycles. The summed E-state index contributed by atoms with van der Waals surface area (Å²) in [5.41, 5.74) is -0.1000.